The first kappa shape index (κ1) is 9.68. The Bertz CT molecular complexity index is 355. The molecule has 1 aromatic rings. The van der Waals surface area contributed by atoms with Crippen LogP contribution < -0.4 is 11.1 Å². The van der Waals surface area contributed by atoms with E-state index in [0.29, 0.717) is 6.54 Å². The van der Waals surface area contributed by atoms with Gasteiger partial charge in [0, 0.05) is 6.54 Å². The van der Waals surface area contributed by atoms with Gasteiger partial charge in [-0.3, -0.25) is 4.79 Å². The number of hydrogen-bond donors (Lipinski definition) is 2. The van der Waals surface area contributed by atoms with Gasteiger partial charge in [-0.05, 0) is 41.7 Å². The third-order valence-electron chi connectivity index (χ3n) is 2.64. The van der Waals surface area contributed by atoms with Crippen molar-refractivity contribution >= 4 is 17.2 Å². The summed E-state index contributed by atoms with van der Waals surface area (Å²) >= 11 is 1.66. The zero-order chi connectivity index (χ0) is 10.2. The molecule has 3 N–H and O–H groups in total. The number of nitrogens with one attached hydrogen (secondary N) is 1. The zero-order valence-electron chi connectivity index (χ0n) is 8.17. The molecule has 0 spiro atoms. The molecule has 1 aliphatic rings. The number of nitrogens with two attached hydrogens (primary N) is 1. The van der Waals surface area contributed by atoms with Crippen LogP contribution >= 0.6 is 11.3 Å². The fourth-order valence-corrected chi connectivity index (χ4v) is 2.14. The third-order valence-corrected chi connectivity index (χ3v) is 3.55. The lowest BCUT2D eigenvalue weighted by Crippen LogP contribution is -2.42. The van der Waals surface area contributed by atoms with Crippen molar-refractivity contribution in [1.82, 2.24) is 5.32 Å². The minimum absolute atomic E-state index is 0.0110. The fourth-order valence-electron chi connectivity index (χ4n) is 1.28. The van der Waals surface area contributed by atoms with Crippen molar-refractivity contribution in [2.24, 2.45) is 5.73 Å². The van der Waals surface area contributed by atoms with Crippen LogP contribution in [0.5, 0.6) is 0 Å². The van der Waals surface area contributed by atoms with Crippen molar-refractivity contribution in [3.63, 3.8) is 0 Å². The lowest BCUT2D eigenvalue weighted by atomic mass is 10.2. The first-order valence-electron chi connectivity index (χ1n) is 4.71. The van der Waals surface area contributed by atoms with E-state index in [1.807, 2.05) is 6.92 Å². The van der Waals surface area contributed by atoms with Crippen molar-refractivity contribution in [3.8, 4) is 0 Å². The van der Waals surface area contributed by atoms with Crippen molar-refractivity contribution < 1.29 is 4.79 Å². The number of carbonyl (C=O) groups is 1. The number of hydrogen-bond acceptors (Lipinski definition) is 3. The van der Waals surface area contributed by atoms with Gasteiger partial charge in [-0.2, -0.15) is 11.3 Å². The van der Waals surface area contributed by atoms with Crippen LogP contribution in [0.2, 0.25) is 0 Å². The van der Waals surface area contributed by atoms with E-state index in [1.165, 1.54) is 11.1 Å². The number of aryl methyl sites for hydroxylation is 1. The summed E-state index contributed by atoms with van der Waals surface area (Å²) in [6.45, 7) is 2.65. The fraction of sp³-hybridized carbons (Fsp3) is 0.500. The highest BCUT2D eigenvalue weighted by Gasteiger charge is 2.45. The Kier molecular flexibility index (Phi) is 2.33. The molecule has 2 rings (SSSR count). The Morgan fingerprint density at radius 3 is 2.86 bits per heavy atom. The Hall–Kier alpha value is -0.870. The molecule has 4 heteroatoms. The molecule has 0 saturated heterocycles. The SMILES string of the molecule is Cc1cscc1CNC(=O)C1(N)CC1. The van der Waals surface area contributed by atoms with Crippen LogP contribution in [0.15, 0.2) is 10.8 Å². The second-order valence-corrected chi connectivity index (χ2v) is 4.66. The zero-order valence-corrected chi connectivity index (χ0v) is 8.99. The average molecular weight is 210 g/mol. The molecule has 0 unspecified atom stereocenters. The largest absolute Gasteiger partial charge is 0.350 e. The number of rotatable bonds is 3. The van der Waals surface area contributed by atoms with Gasteiger partial charge in [-0.15, -0.1) is 0 Å². The van der Waals surface area contributed by atoms with E-state index in [0.717, 1.165) is 12.8 Å². The van der Waals surface area contributed by atoms with Gasteiger partial charge in [0.05, 0.1) is 5.54 Å². The molecule has 0 atom stereocenters. The van der Waals surface area contributed by atoms with Crippen molar-refractivity contribution in [2.45, 2.75) is 31.8 Å². The van der Waals surface area contributed by atoms with Gasteiger partial charge in [0.25, 0.3) is 0 Å². The summed E-state index contributed by atoms with van der Waals surface area (Å²) < 4.78 is 0. The molecule has 0 bridgehead atoms. The molecule has 0 radical (unpaired) electrons. The Morgan fingerprint density at radius 2 is 2.36 bits per heavy atom. The highest BCUT2D eigenvalue weighted by atomic mass is 32.1. The first-order chi connectivity index (χ1) is 6.62. The maximum Gasteiger partial charge on any atom is 0.240 e. The van der Waals surface area contributed by atoms with Gasteiger partial charge in [-0.25, -0.2) is 0 Å². The van der Waals surface area contributed by atoms with Gasteiger partial charge in [-0.1, -0.05) is 0 Å². The Balaban J connectivity index is 1.89. The number of carbonyl (C=O) groups excluding carboxylic acids is 1. The van der Waals surface area contributed by atoms with Crippen LogP contribution in [0.4, 0.5) is 0 Å². The Morgan fingerprint density at radius 1 is 1.64 bits per heavy atom. The molecular formula is C10H14N2OS. The molecular weight excluding hydrogens is 196 g/mol. The monoisotopic (exact) mass is 210 g/mol. The molecule has 1 heterocycles. The molecule has 1 aliphatic carbocycles. The minimum atomic E-state index is -0.552. The molecule has 1 saturated carbocycles. The van der Waals surface area contributed by atoms with Crippen LogP contribution in [0.25, 0.3) is 0 Å². The normalized spacial score (nSPS) is 17.9. The Labute approximate surface area is 87.3 Å². The topological polar surface area (TPSA) is 55.1 Å². The molecule has 1 fully saturated rings. The maximum atomic E-state index is 11.5. The molecule has 1 aromatic heterocycles. The van der Waals surface area contributed by atoms with Gasteiger partial charge in [0.2, 0.25) is 5.91 Å². The standard InChI is InChI=1S/C10H14N2OS/c1-7-5-14-6-8(7)4-12-9(13)10(11)2-3-10/h5-6H,2-4,11H2,1H3,(H,12,13). The second kappa shape index (κ2) is 3.37. The number of thiophene rings is 1. The van der Waals surface area contributed by atoms with Gasteiger partial charge < -0.3 is 11.1 Å². The second-order valence-electron chi connectivity index (χ2n) is 3.92. The van der Waals surface area contributed by atoms with Crippen LogP contribution in [-0.4, -0.2) is 11.4 Å². The summed E-state index contributed by atoms with van der Waals surface area (Å²) in [5.74, 6) is -0.0110. The van der Waals surface area contributed by atoms with Gasteiger partial charge >= 0.3 is 0 Å². The van der Waals surface area contributed by atoms with E-state index < -0.39 is 5.54 Å². The van der Waals surface area contributed by atoms with Crippen LogP contribution in [0, 0.1) is 6.92 Å². The van der Waals surface area contributed by atoms with Gasteiger partial charge in [0.1, 0.15) is 0 Å². The third kappa shape index (κ3) is 1.81. The molecule has 76 valence electrons. The summed E-state index contributed by atoms with van der Waals surface area (Å²) in [6.07, 6.45) is 1.64. The molecule has 14 heavy (non-hydrogen) atoms. The predicted molar refractivity (Wildman–Crippen MR) is 57.1 cm³/mol. The lowest BCUT2D eigenvalue weighted by molar-refractivity contribution is -0.123. The highest BCUT2D eigenvalue weighted by molar-refractivity contribution is 7.08. The summed E-state index contributed by atoms with van der Waals surface area (Å²) in [5.41, 5.74) is 7.63. The molecule has 1 amide bonds. The van der Waals surface area contributed by atoms with E-state index in [1.54, 1.807) is 11.3 Å². The molecule has 0 aromatic carbocycles. The van der Waals surface area contributed by atoms with Crippen molar-refractivity contribution in [2.75, 3.05) is 0 Å². The van der Waals surface area contributed by atoms with Crippen LogP contribution in [-0.2, 0) is 11.3 Å². The quantitative estimate of drug-likeness (QED) is 0.786. The van der Waals surface area contributed by atoms with Gasteiger partial charge in [0.15, 0.2) is 0 Å². The van der Waals surface area contributed by atoms with Crippen molar-refractivity contribution in [1.29, 1.82) is 0 Å². The summed E-state index contributed by atoms with van der Waals surface area (Å²) in [7, 11) is 0. The average Bonchev–Trinajstić information content (AvgIpc) is 2.77. The van der Waals surface area contributed by atoms with E-state index >= 15 is 0 Å². The summed E-state index contributed by atoms with van der Waals surface area (Å²) in [4.78, 5) is 11.5. The maximum absolute atomic E-state index is 11.5. The van der Waals surface area contributed by atoms with Crippen LogP contribution in [0.3, 0.4) is 0 Å². The molecule has 0 aliphatic heterocycles. The summed E-state index contributed by atoms with van der Waals surface area (Å²) in [5, 5.41) is 7.01. The van der Waals surface area contributed by atoms with E-state index in [4.69, 9.17) is 5.73 Å². The first-order valence-corrected chi connectivity index (χ1v) is 5.65. The van der Waals surface area contributed by atoms with Crippen LogP contribution in [0.1, 0.15) is 24.0 Å². The van der Waals surface area contributed by atoms with E-state index in [9.17, 15) is 4.79 Å². The highest BCUT2D eigenvalue weighted by Crippen LogP contribution is 2.32. The predicted octanol–water partition coefficient (Wildman–Crippen LogP) is 1.16. The van der Waals surface area contributed by atoms with E-state index in [-0.39, 0.29) is 5.91 Å². The van der Waals surface area contributed by atoms with Crippen molar-refractivity contribution in [3.05, 3.63) is 21.9 Å². The smallest absolute Gasteiger partial charge is 0.240 e. The lowest BCUT2D eigenvalue weighted by Gasteiger charge is -2.09. The van der Waals surface area contributed by atoms with E-state index in [2.05, 4.69) is 16.1 Å². The summed E-state index contributed by atoms with van der Waals surface area (Å²) in [6, 6.07) is 0. The minimum Gasteiger partial charge on any atom is -0.350 e. The molecule has 3 nitrogen and oxygen atoms in total. The number of amides is 1.